The number of hydrogen-bond donors (Lipinski definition) is 0. The summed E-state index contributed by atoms with van der Waals surface area (Å²) < 4.78 is 0. The molecule has 0 N–H and O–H groups in total. The molecule has 0 aromatic carbocycles. The van der Waals surface area contributed by atoms with Gasteiger partial charge in [0.1, 0.15) is 11.9 Å². The minimum atomic E-state index is -0.154. The van der Waals surface area contributed by atoms with Gasteiger partial charge in [-0.25, -0.2) is 9.97 Å². The van der Waals surface area contributed by atoms with Crippen LogP contribution in [0.2, 0.25) is 0 Å². The van der Waals surface area contributed by atoms with E-state index in [4.69, 9.17) is 4.98 Å². The van der Waals surface area contributed by atoms with Gasteiger partial charge in [0, 0.05) is 49.4 Å². The second-order valence-electron chi connectivity index (χ2n) is 5.96. The first kappa shape index (κ1) is 16.4. The summed E-state index contributed by atoms with van der Waals surface area (Å²) in [4.78, 5) is 30.0. The van der Waals surface area contributed by atoms with E-state index in [1.807, 2.05) is 43.9 Å². The third-order valence-corrected chi connectivity index (χ3v) is 4.43. The minimum absolute atomic E-state index is 0.154. The maximum atomic E-state index is 12.6. The monoisotopic (exact) mass is 325 g/mol. The summed E-state index contributed by atoms with van der Waals surface area (Å²) in [5, 5.41) is 0. The van der Waals surface area contributed by atoms with Crippen molar-refractivity contribution in [2.24, 2.45) is 0 Å². The van der Waals surface area contributed by atoms with E-state index in [2.05, 4.69) is 14.9 Å². The van der Waals surface area contributed by atoms with Crippen molar-refractivity contribution in [3.05, 3.63) is 36.3 Å². The molecule has 0 spiro atoms. The molecule has 6 nitrogen and oxygen atoms in total. The molecule has 0 aliphatic carbocycles. The molecule has 1 amide bonds. The quantitative estimate of drug-likeness (QED) is 0.863. The molecule has 1 unspecified atom stereocenters. The second kappa shape index (κ2) is 6.95. The van der Waals surface area contributed by atoms with Crippen LogP contribution in [0.4, 0.5) is 5.82 Å². The summed E-state index contributed by atoms with van der Waals surface area (Å²) in [5.74, 6) is 1.69. The normalized spacial score (nSPS) is 18.1. The molecule has 0 saturated carbocycles. The highest BCUT2D eigenvalue weighted by molar-refractivity contribution is 5.86. The Balaban J connectivity index is 1.97. The van der Waals surface area contributed by atoms with Crippen molar-refractivity contribution in [2.75, 3.05) is 24.5 Å². The lowest BCUT2D eigenvalue weighted by molar-refractivity contribution is -0.134. The molecule has 1 saturated heterocycles. The van der Waals surface area contributed by atoms with E-state index in [9.17, 15) is 4.79 Å². The van der Waals surface area contributed by atoms with Gasteiger partial charge in [-0.1, -0.05) is 6.92 Å². The number of amides is 1. The molecule has 0 radical (unpaired) electrons. The molecule has 1 fully saturated rings. The average molecular weight is 325 g/mol. The summed E-state index contributed by atoms with van der Waals surface area (Å²) in [6.07, 6.45) is 4.24. The van der Waals surface area contributed by atoms with Gasteiger partial charge in [-0.05, 0) is 32.4 Å². The lowest BCUT2D eigenvalue weighted by atomic mass is 10.1. The highest BCUT2D eigenvalue weighted by atomic mass is 16.2. The molecule has 0 bridgehead atoms. The fourth-order valence-electron chi connectivity index (χ4n) is 3.15. The molecule has 2 aromatic rings. The molecular weight excluding hydrogens is 302 g/mol. The lowest BCUT2D eigenvalue weighted by Gasteiger charge is -2.40. The van der Waals surface area contributed by atoms with Gasteiger partial charge in [-0.15, -0.1) is 0 Å². The Hall–Kier alpha value is -2.50. The Kier molecular flexibility index (Phi) is 4.74. The number of nitrogens with zero attached hydrogens (tertiary/aromatic N) is 5. The second-order valence-corrected chi connectivity index (χ2v) is 5.96. The van der Waals surface area contributed by atoms with Crippen molar-refractivity contribution < 1.29 is 4.79 Å². The van der Waals surface area contributed by atoms with Crippen LogP contribution >= 0.6 is 0 Å². The van der Waals surface area contributed by atoms with Gasteiger partial charge in [-0.3, -0.25) is 9.78 Å². The van der Waals surface area contributed by atoms with Crippen LogP contribution in [-0.2, 0) is 4.79 Å². The highest BCUT2D eigenvalue weighted by Crippen LogP contribution is 2.24. The van der Waals surface area contributed by atoms with Crippen LogP contribution in [0.15, 0.2) is 30.6 Å². The molecular formula is C18H23N5O. The van der Waals surface area contributed by atoms with E-state index in [0.29, 0.717) is 5.82 Å². The number of pyridine rings is 1. The van der Waals surface area contributed by atoms with E-state index in [1.165, 1.54) is 0 Å². The van der Waals surface area contributed by atoms with Gasteiger partial charge in [0.2, 0.25) is 5.91 Å². The number of likely N-dealkylation sites (N-methyl/N-ethyl adjacent to an activating group) is 1. The lowest BCUT2D eigenvalue weighted by Crippen LogP contribution is -2.57. The zero-order chi connectivity index (χ0) is 17.1. The van der Waals surface area contributed by atoms with Gasteiger partial charge in [-0.2, -0.15) is 0 Å². The molecule has 1 atom stereocenters. The van der Waals surface area contributed by atoms with Crippen LogP contribution < -0.4 is 4.90 Å². The van der Waals surface area contributed by atoms with Crippen molar-refractivity contribution in [3.63, 3.8) is 0 Å². The number of anilines is 1. The third kappa shape index (κ3) is 3.09. The molecule has 3 heterocycles. The maximum Gasteiger partial charge on any atom is 0.245 e. The summed E-state index contributed by atoms with van der Waals surface area (Å²) in [6, 6.07) is 5.60. The molecule has 1 aliphatic rings. The first-order chi connectivity index (χ1) is 11.6. The standard InChI is InChI=1S/C18H23N5O/c1-4-15-18(24)22(5-2)10-11-23(15)16-12-13(3)20-17(21-16)14-6-8-19-9-7-14/h6-9,12,15H,4-5,10-11H2,1-3H3. The number of carbonyl (C=O) groups excluding carboxylic acids is 1. The first-order valence-corrected chi connectivity index (χ1v) is 8.45. The van der Waals surface area contributed by atoms with Gasteiger partial charge >= 0.3 is 0 Å². The van der Waals surface area contributed by atoms with Crippen molar-refractivity contribution >= 4 is 11.7 Å². The smallest absolute Gasteiger partial charge is 0.245 e. The number of aromatic nitrogens is 3. The predicted molar refractivity (Wildman–Crippen MR) is 93.7 cm³/mol. The van der Waals surface area contributed by atoms with E-state index in [0.717, 1.165) is 43.1 Å². The Labute approximate surface area is 142 Å². The van der Waals surface area contributed by atoms with Gasteiger partial charge in [0.15, 0.2) is 5.82 Å². The molecule has 126 valence electrons. The summed E-state index contributed by atoms with van der Waals surface area (Å²) >= 11 is 0. The summed E-state index contributed by atoms with van der Waals surface area (Å²) in [6.45, 7) is 8.32. The van der Waals surface area contributed by atoms with Crippen molar-refractivity contribution in [1.29, 1.82) is 0 Å². The number of piperazine rings is 1. The van der Waals surface area contributed by atoms with Crippen LogP contribution in [0.25, 0.3) is 11.4 Å². The van der Waals surface area contributed by atoms with Gasteiger partial charge < -0.3 is 9.80 Å². The number of rotatable bonds is 4. The molecule has 24 heavy (non-hydrogen) atoms. The topological polar surface area (TPSA) is 62.2 Å². The van der Waals surface area contributed by atoms with Crippen molar-refractivity contribution in [2.45, 2.75) is 33.2 Å². The average Bonchev–Trinajstić information content (AvgIpc) is 2.61. The Morgan fingerprint density at radius 1 is 1.17 bits per heavy atom. The van der Waals surface area contributed by atoms with Crippen molar-refractivity contribution in [1.82, 2.24) is 19.9 Å². The van der Waals surface area contributed by atoms with Crippen LogP contribution in [0.3, 0.4) is 0 Å². The Bertz CT molecular complexity index is 719. The Morgan fingerprint density at radius 3 is 2.58 bits per heavy atom. The van der Waals surface area contributed by atoms with Gasteiger partial charge in [0.25, 0.3) is 0 Å². The predicted octanol–water partition coefficient (Wildman–Crippen LogP) is 2.29. The number of hydrogen-bond acceptors (Lipinski definition) is 5. The van der Waals surface area contributed by atoms with Crippen LogP contribution in [0, 0.1) is 6.92 Å². The molecule has 6 heteroatoms. The number of carbonyl (C=O) groups is 1. The van der Waals surface area contributed by atoms with E-state index in [-0.39, 0.29) is 11.9 Å². The zero-order valence-corrected chi connectivity index (χ0v) is 14.4. The van der Waals surface area contributed by atoms with Crippen LogP contribution in [-0.4, -0.2) is 51.4 Å². The SMILES string of the molecule is CCC1C(=O)N(CC)CCN1c1cc(C)nc(-c2ccncc2)n1. The number of aryl methyl sites for hydroxylation is 1. The zero-order valence-electron chi connectivity index (χ0n) is 14.4. The first-order valence-electron chi connectivity index (χ1n) is 8.45. The van der Waals surface area contributed by atoms with E-state index in [1.54, 1.807) is 12.4 Å². The third-order valence-electron chi connectivity index (χ3n) is 4.43. The van der Waals surface area contributed by atoms with E-state index >= 15 is 0 Å². The van der Waals surface area contributed by atoms with Crippen LogP contribution in [0.5, 0.6) is 0 Å². The van der Waals surface area contributed by atoms with Crippen molar-refractivity contribution in [3.8, 4) is 11.4 Å². The minimum Gasteiger partial charge on any atom is -0.343 e. The molecule has 3 rings (SSSR count). The molecule has 1 aliphatic heterocycles. The molecule has 2 aromatic heterocycles. The maximum absolute atomic E-state index is 12.6. The fourth-order valence-corrected chi connectivity index (χ4v) is 3.15. The van der Waals surface area contributed by atoms with Crippen LogP contribution in [0.1, 0.15) is 26.0 Å². The summed E-state index contributed by atoms with van der Waals surface area (Å²) in [7, 11) is 0. The highest BCUT2D eigenvalue weighted by Gasteiger charge is 2.33. The summed E-state index contributed by atoms with van der Waals surface area (Å²) in [5.41, 5.74) is 1.83. The Morgan fingerprint density at radius 2 is 1.92 bits per heavy atom. The van der Waals surface area contributed by atoms with E-state index < -0.39 is 0 Å². The van der Waals surface area contributed by atoms with Gasteiger partial charge in [0.05, 0.1) is 0 Å². The fraction of sp³-hybridized carbons (Fsp3) is 0.444. The largest absolute Gasteiger partial charge is 0.343 e.